The van der Waals surface area contributed by atoms with Gasteiger partial charge in [0.25, 0.3) is 0 Å². The summed E-state index contributed by atoms with van der Waals surface area (Å²) in [6.07, 6.45) is -2.72. The molecule has 6 nitrogen and oxygen atoms in total. The van der Waals surface area contributed by atoms with Crippen LogP contribution < -0.4 is 15.8 Å². The molecule has 3 N–H and O–H groups in total. The highest BCUT2D eigenvalue weighted by Gasteiger charge is 2.51. The van der Waals surface area contributed by atoms with Crippen LogP contribution in [0.25, 0.3) is 0 Å². The van der Waals surface area contributed by atoms with E-state index in [1.54, 1.807) is 0 Å². The number of ether oxygens (including phenoxy) is 1. The van der Waals surface area contributed by atoms with E-state index in [0.717, 1.165) is 0 Å². The van der Waals surface area contributed by atoms with E-state index in [-0.39, 0.29) is 29.4 Å². The van der Waals surface area contributed by atoms with Gasteiger partial charge < -0.3 is 15.8 Å². The van der Waals surface area contributed by atoms with Crippen molar-refractivity contribution in [1.82, 2.24) is 5.32 Å². The molecule has 3 fully saturated rings. The van der Waals surface area contributed by atoms with Crippen LogP contribution in [0.2, 0.25) is 0 Å². The van der Waals surface area contributed by atoms with Crippen LogP contribution in [0.1, 0.15) is 44.9 Å². The van der Waals surface area contributed by atoms with Crippen LogP contribution in [0.3, 0.4) is 0 Å². The number of hydrogen-bond acceptors (Lipinski definition) is 5. The van der Waals surface area contributed by atoms with Crippen LogP contribution in [0.4, 0.5) is 17.6 Å². The summed E-state index contributed by atoms with van der Waals surface area (Å²) in [5, 5.41) is 2.57. The van der Waals surface area contributed by atoms with Gasteiger partial charge >= 0.3 is 6.18 Å². The van der Waals surface area contributed by atoms with Gasteiger partial charge in [0.1, 0.15) is 18.8 Å². The number of benzene rings is 1. The second-order valence-electron chi connectivity index (χ2n) is 9.11. The molecular weight excluding hydrogens is 464 g/mol. The van der Waals surface area contributed by atoms with E-state index in [4.69, 9.17) is 10.5 Å². The van der Waals surface area contributed by atoms with Gasteiger partial charge in [-0.1, -0.05) is 0 Å². The predicted octanol–water partition coefficient (Wildman–Crippen LogP) is 3.81. The molecule has 1 amide bonds. The summed E-state index contributed by atoms with van der Waals surface area (Å²) in [5.41, 5.74) is 4.51. The lowest BCUT2D eigenvalue weighted by Gasteiger charge is -2.53. The fraction of sp³-hybridized carbons (Fsp3) is 0.591. The Morgan fingerprint density at radius 1 is 1.09 bits per heavy atom. The number of carbonyl (C=O) groups excluding carboxylic acids is 1. The zero-order valence-corrected chi connectivity index (χ0v) is 18.9. The van der Waals surface area contributed by atoms with Gasteiger partial charge in [-0.15, -0.1) is 0 Å². The van der Waals surface area contributed by atoms with Gasteiger partial charge in [-0.25, -0.2) is 12.8 Å². The Kier molecular flexibility index (Phi) is 7.42. The molecule has 0 unspecified atom stereocenters. The average Bonchev–Trinajstić information content (AvgIpc) is 2.74. The first kappa shape index (κ1) is 25.5. The Bertz CT molecular complexity index is 966. The Morgan fingerprint density at radius 3 is 2.15 bits per heavy atom. The summed E-state index contributed by atoms with van der Waals surface area (Å²) in [7, 11) is -3.61. The Labute approximate surface area is 190 Å². The SMILES string of the molecule is NCC(=CF)COc1ccc(S(=O)(=O)CC23CCC(NC(=O)CC(F)(F)F)(CC2)CC3)cc1. The lowest BCUT2D eigenvalue weighted by Crippen LogP contribution is -2.58. The van der Waals surface area contributed by atoms with E-state index in [0.29, 0.717) is 50.6 Å². The standard InChI is InChI=1S/C22H28F4N2O4S/c23-12-16(13-27)14-32-17-1-3-18(4-2-17)33(30,31)15-20-5-8-21(9-6-20,10-7-20)28-19(29)11-22(24,25)26/h1-4,12H,5-11,13-15,27H2,(H,28,29). The van der Waals surface area contributed by atoms with E-state index in [9.17, 15) is 30.8 Å². The smallest absolute Gasteiger partial charge is 0.397 e. The lowest BCUT2D eigenvalue weighted by atomic mass is 9.58. The van der Waals surface area contributed by atoms with Gasteiger partial charge in [-0.2, -0.15) is 13.2 Å². The van der Waals surface area contributed by atoms with Crippen LogP contribution in [0, 0.1) is 5.41 Å². The molecule has 0 atom stereocenters. The number of sulfone groups is 1. The van der Waals surface area contributed by atoms with Gasteiger partial charge in [0.2, 0.25) is 5.91 Å². The number of fused-ring (bicyclic) bond motifs is 3. The molecule has 0 spiro atoms. The van der Waals surface area contributed by atoms with Crippen LogP contribution in [-0.2, 0) is 14.6 Å². The molecule has 3 saturated carbocycles. The molecule has 11 heteroatoms. The summed E-state index contributed by atoms with van der Waals surface area (Å²) in [6.45, 7) is -0.0260. The van der Waals surface area contributed by atoms with Crippen molar-refractivity contribution >= 4 is 15.7 Å². The average molecular weight is 493 g/mol. The first-order valence-electron chi connectivity index (χ1n) is 10.7. The number of nitrogens with two attached hydrogens (primary N) is 1. The van der Waals surface area contributed by atoms with Crippen molar-refractivity contribution in [3.8, 4) is 5.75 Å². The number of amides is 1. The summed E-state index contributed by atoms with van der Waals surface area (Å²) in [6, 6.07) is 5.88. The second kappa shape index (κ2) is 9.61. The normalized spacial score (nSPS) is 25.7. The minimum absolute atomic E-state index is 0.0122. The highest BCUT2D eigenvalue weighted by Crippen LogP contribution is 2.53. The van der Waals surface area contributed by atoms with E-state index < -0.39 is 39.3 Å². The second-order valence-corrected chi connectivity index (χ2v) is 11.1. The van der Waals surface area contributed by atoms with Gasteiger partial charge in [-0.05, 0) is 68.2 Å². The minimum Gasteiger partial charge on any atom is -0.489 e. The fourth-order valence-corrected chi connectivity index (χ4v) is 6.69. The molecule has 0 radical (unpaired) electrons. The quantitative estimate of drug-likeness (QED) is 0.511. The molecule has 0 aliphatic heterocycles. The number of halogens is 4. The van der Waals surface area contributed by atoms with Crippen molar-refractivity contribution in [3.05, 3.63) is 36.2 Å². The topological polar surface area (TPSA) is 98.5 Å². The number of carbonyl (C=O) groups is 1. The highest BCUT2D eigenvalue weighted by atomic mass is 32.2. The number of alkyl halides is 3. The third-order valence-corrected chi connectivity index (χ3v) is 8.67. The third kappa shape index (κ3) is 6.47. The van der Waals surface area contributed by atoms with E-state index >= 15 is 0 Å². The Balaban J connectivity index is 1.60. The molecule has 0 aromatic heterocycles. The van der Waals surface area contributed by atoms with Gasteiger partial charge in [-0.3, -0.25) is 4.79 Å². The van der Waals surface area contributed by atoms with E-state index in [2.05, 4.69) is 5.32 Å². The zero-order chi connectivity index (χ0) is 24.3. The monoisotopic (exact) mass is 492 g/mol. The van der Waals surface area contributed by atoms with Crippen LogP contribution in [0.5, 0.6) is 5.75 Å². The van der Waals surface area contributed by atoms with Gasteiger partial charge in [0.05, 0.1) is 17.0 Å². The van der Waals surface area contributed by atoms with Gasteiger partial charge in [0.15, 0.2) is 9.84 Å². The summed E-state index contributed by atoms with van der Waals surface area (Å²) in [5.74, 6) is -0.712. The largest absolute Gasteiger partial charge is 0.489 e. The molecule has 2 bridgehead atoms. The molecule has 184 valence electrons. The van der Waals surface area contributed by atoms with E-state index in [1.165, 1.54) is 24.3 Å². The van der Waals surface area contributed by atoms with Crippen molar-refractivity contribution in [2.24, 2.45) is 11.1 Å². The number of hydrogen-bond donors (Lipinski definition) is 2. The lowest BCUT2D eigenvalue weighted by molar-refractivity contribution is -0.156. The third-order valence-electron chi connectivity index (χ3n) is 6.69. The molecule has 0 heterocycles. The van der Waals surface area contributed by atoms with Crippen molar-refractivity contribution in [2.75, 3.05) is 18.9 Å². The maximum atomic E-state index is 13.1. The maximum absolute atomic E-state index is 13.1. The van der Waals surface area contributed by atoms with Gasteiger partial charge in [0, 0.05) is 17.7 Å². The summed E-state index contributed by atoms with van der Waals surface area (Å²) >= 11 is 0. The van der Waals surface area contributed by atoms with Crippen molar-refractivity contribution < 1.29 is 35.5 Å². The first-order valence-corrected chi connectivity index (χ1v) is 12.4. The minimum atomic E-state index is -4.56. The molecule has 4 rings (SSSR count). The zero-order valence-electron chi connectivity index (χ0n) is 18.1. The molecule has 1 aromatic rings. The molecule has 33 heavy (non-hydrogen) atoms. The van der Waals surface area contributed by atoms with Crippen LogP contribution in [0.15, 0.2) is 41.1 Å². The Morgan fingerprint density at radius 2 is 1.67 bits per heavy atom. The molecule has 0 saturated heterocycles. The Hall–Kier alpha value is -2.14. The van der Waals surface area contributed by atoms with Crippen molar-refractivity contribution in [3.63, 3.8) is 0 Å². The molecular formula is C22H28F4N2O4S. The van der Waals surface area contributed by atoms with Crippen molar-refractivity contribution in [2.45, 2.75) is 61.6 Å². The molecule has 3 aliphatic rings. The molecule has 3 aliphatic carbocycles. The summed E-state index contributed by atoms with van der Waals surface area (Å²) in [4.78, 5) is 11.9. The summed E-state index contributed by atoms with van der Waals surface area (Å²) < 4.78 is 81.5. The first-order chi connectivity index (χ1) is 15.4. The predicted molar refractivity (Wildman–Crippen MR) is 114 cm³/mol. The van der Waals surface area contributed by atoms with Crippen molar-refractivity contribution in [1.29, 1.82) is 0 Å². The maximum Gasteiger partial charge on any atom is 0.397 e. The highest BCUT2D eigenvalue weighted by molar-refractivity contribution is 7.91. The van der Waals surface area contributed by atoms with Crippen LogP contribution in [-0.4, -0.2) is 44.9 Å². The van der Waals surface area contributed by atoms with Crippen LogP contribution >= 0.6 is 0 Å². The molecule has 1 aromatic carbocycles. The number of rotatable bonds is 9. The number of nitrogens with one attached hydrogen (secondary N) is 1. The van der Waals surface area contributed by atoms with E-state index in [1.807, 2.05) is 0 Å². The fourth-order valence-electron chi connectivity index (χ4n) is 4.73.